The smallest absolute Gasteiger partial charge is 0.0924 e. The highest BCUT2D eigenvalue weighted by Crippen LogP contribution is 2.29. The molecule has 1 fully saturated rings. The van der Waals surface area contributed by atoms with Crippen LogP contribution in [0.2, 0.25) is 0 Å². The summed E-state index contributed by atoms with van der Waals surface area (Å²) in [4.78, 5) is 22.6. The van der Waals surface area contributed by atoms with Gasteiger partial charge in [-0.25, -0.2) is 0 Å². The molecule has 8 heteroatoms. The predicted octanol–water partition coefficient (Wildman–Crippen LogP) is 3.57. The molecule has 0 spiro atoms. The summed E-state index contributed by atoms with van der Waals surface area (Å²) in [5, 5.41) is 29.2. The van der Waals surface area contributed by atoms with Gasteiger partial charge in [-0.05, 0) is 67.4 Å². The van der Waals surface area contributed by atoms with Gasteiger partial charge in [-0.15, -0.1) is 0 Å². The van der Waals surface area contributed by atoms with E-state index in [1.54, 1.807) is 12.2 Å². The van der Waals surface area contributed by atoms with E-state index >= 15 is 0 Å². The summed E-state index contributed by atoms with van der Waals surface area (Å²) >= 11 is 0. The van der Waals surface area contributed by atoms with Crippen molar-refractivity contribution in [2.45, 2.75) is 0 Å². The normalized spacial score (nSPS) is 11.7. The molecule has 0 aliphatic carbocycles. The van der Waals surface area contributed by atoms with E-state index in [0.29, 0.717) is 0 Å². The van der Waals surface area contributed by atoms with Crippen molar-refractivity contribution in [3.8, 4) is 0 Å². The van der Waals surface area contributed by atoms with Crippen LogP contribution in [0.5, 0.6) is 0 Å². The Morgan fingerprint density at radius 3 is 0.958 bits per heavy atom. The summed E-state index contributed by atoms with van der Waals surface area (Å²) < 4.78 is 9.89. The Morgan fingerprint density at radius 2 is 0.771 bits per heavy atom. The molecule has 1 heterocycles. The van der Waals surface area contributed by atoms with Crippen molar-refractivity contribution in [3.63, 3.8) is 0 Å². The second-order valence-corrected chi connectivity index (χ2v) is 10.3. The predicted molar refractivity (Wildman–Crippen MR) is 189 cm³/mol. The number of ether oxygens (including phenoxy) is 2. The average molecular weight is 647 g/mol. The zero-order chi connectivity index (χ0) is 34.7. The molecule has 7 rings (SSSR count). The molecule has 8 nitrogen and oxygen atoms in total. The van der Waals surface area contributed by atoms with Crippen LogP contribution in [-0.4, -0.2) is 51.5 Å². The second kappa shape index (κ2) is 20.0. The van der Waals surface area contributed by atoms with Gasteiger partial charge < -0.3 is 40.7 Å². The van der Waals surface area contributed by atoms with Crippen molar-refractivity contribution >= 4 is 55.0 Å². The van der Waals surface area contributed by atoms with E-state index in [1.165, 1.54) is 0 Å². The van der Waals surface area contributed by atoms with Crippen molar-refractivity contribution in [3.05, 3.63) is 146 Å². The standard InChI is InChI=1S/2C15H10O2.C4H8O2.2C3H7N/c2*16-15(17)14-12-7-3-1-5-10(12)9-11-6-2-4-8-13(11)14;1-2-6-4-3-5-1;2*1-2-3-4/h2*1-9H,(H,16,17);1-4H2;2*2H,1,3-4H2. The van der Waals surface area contributed by atoms with Gasteiger partial charge in [0, 0.05) is 11.1 Å². The molecule has 0 saturated carbocycles. The quantitative estimate of drug-likeness (QED) is 0.221. The Kier molecular flexibility index (Phi) is 15.4. The summed E-state index contributed by atoms with van der Waals surface area (Å²) in [5.74, 6) is -2.25. The van der Waals surface area contributed by atoms with Crippen LogP contribution in [0.1, 0.15) is 20.7 Å². The monoisotopic (exact) mass is 646 g/mol. The molecule has 6 aromatic rings. The highest BCUT2D eigenvalue weighted by molar-refractivity contribution is 6.16. The first-order valence-electron chi connectivity index (χ1n) is 15.6. The topological polar surface area (TPSA) is 154 Å². The molecule has 0 bridgehead atoms. The molecule has 6 N–H and O–H groups in total. The summed E-state index contributed by atoms with van der Waals surface area (Å²) in [7, 11) is 0. The summed E-state index contributed by atoms with van der Waals surface area (Å²) in [6.07, 6.45) is 3.53. The van der Waals surface area contributed by atoms with Crippen molar-refractivity contribution in [2.75, 3.05) is 39.5 Å². The van der Waals surface area contributed by atoms with E-state index in [0.717, 1.165) is 82.6 Å². The highest BCUT2D eigenvalue weighted by Gasteiger charge is 2.08. The molecule has 0 amide bonds. The zero-order valence-electron chi connectivity index (χ0n) is 27.1. The molecule has 1 aliphatic heterocycles. The van der Waals surface area contributed by atoms with Crippen LogP contribution in [0.3, 0.4) is 0 Å². The number of carboxylic acids is 2. The van der Waals surface area contributed by atoms with E-state index in [-0.39, 0.29) is 11.1 Å². The van der Waals surface area contributed by atoms with Gasteiger partial charge in [-0.1, -0.05) is 110 Å². The van der Waals surface area contributed by atoms with Gasteiger partial charge in [-0.3, -0.25) is 0 Å². The van der Waals surface area contributed by atoms with Crippen LogP contribution in [0.4, 0.5) is 0 Å². The Morgan fingerprint density at radius 1 is 0.542 bits per heavy atom. The van der Waals surface area contributed by atoms with Crippen LogP contribution >= 0.6 is 0 Å². The van der Waals surface area contributed by atoms with E-state index in [4.69, 9.17) is 9.47 Å². The first-order valence-corrected chi connectivity index (χ1v) is 15.6. The maximum atomic E-state index is 11.3. The van der Waals surface area contributed by atoms with Gasteiger partial charge in [0.2, 0.25) is 0 Å². The number of hydrogen-bond donors (Lipinski definition) is 2. The lowest BCUT2D eigenvalue weighted by Crippen LogP contribution is -2.48. The van der Waals surface area contributed by atoms with Crippen LogP contribution in [0.15, 0.2) is 135 Å². The maximum absolute atomic E-state index is 11.3. The number of carbonyl (C=O) groups excluding carboxylic acids is 2. The van der Waals surface area contributed by atoms with Gasteiger partial charge in [0.25, 0.3) is 0 Å². The van der Waals surface area contributed by atoms with Crippen LogP contribution in [0, 0.1) is 0 Å². The SMILES string of the molecule is C1COCCO1.C=CC[NH3+].C=CC[NH3+].O=C([O-])c1c2ccccc2cc2ccccc12.O=C([O-])c1c2ccccc2cc2ccccc12. The Labute approximate surface area is 280 Å². The Hall–Kier alpha value is -5.38. The zero-order valence-corrected chi connectivity index (χ0v) is 27.1. The van der Waals surface area contributed by atoms with Crippen LogP contribution in [-0.2, 0) is 9.47 Å². The van der Waals surface area contributed by atoms with Crippen molar-refractivity contribution in [2.24, 2.45) is 0 Å². The number of carboxylic acid groups (broad SMARTS) is 2. The van der Waals surface area contributed by atoms with Crippen LogP contribution < -0.4 is 21.7 Å². The summed E-state index contributed by atoms with van der Waals surface area (Å²) in [6, 6.07) is 33.8. The molecule has 0 radical (unpaired) electrons. The number of rotatable bonds is 4. The summed E-state index contributed by atoms with van der Waals surface area (Å²) in [6.45, 7) is 11.6. The van der Waals surface area contributed by atoms with E-state index in [9.17, 15) is 19.8 Å². The molecular weight excluding hydrogens is 604 g/mol. The maximum Gasteiger partial charge on any atom is 0.0924 e. The number of benzene rings is 6. The van der Waals surface area contributed by atoms with Gasteiger partial charge in [0.05, 0.1) is 51.5 Å². The first kappa shape index (κ1) is 37.1. The molecule has 6 aromatic carbocycles. The minimum atomic E-state index is -1.13. The molecule has 1 saturated heterocycles. The molecule has 48 heavy (non-hydrogen) atoms. The average Bonchev–Trinajstić information content (AvgIpc) is 3.14. The lowest BCUT2D eigenvalue weighted by atomic mass is 9.97. The number of aromatic carboxylic acids is 2. The van der Waals surface area contributed by atoms with Crippen molar-refractivity contribution in [1.29, 1.82) is 0 Å². The fourth-order valence-corrected chi connectivity index (χ4v) is 4.91. The van der Waals surface area contributed by atoms with Crippen molar-refractivity contribution < 1.29 is 40.7 Å². The molecule has 248 valence electrons. The number of hydrogen-bond acceptors (Lipinski definition) is 6. The van der Waals surface area contributed by atoms with E-state index < -0.39 is 11.9 Å². The van der Waals surface area contributed by atoms with Crippen LogP contribution in [0.25, 0.3) is 43.1 Å². The van der Waals surface area contributed by atoms with Gasteiger partial charge in [0.15, 0.2) is 0 Å². The van der Waals surface area contributed by atoms with E-state index in [2.05, 4.69) is 24.6 Å². The third-order valence-corrected chi connectivity index (χ3v) is 7.10. The molecule has 1 aliphatic rings. The fraction of sp³-hybridized carbons (Fsp3) is 0.150. The summed E-state index contributed by atoms with van der Waals surface area (Å²) in [5.41, 5.74) is 7.53. The number of quaternary nitrogens is 2. The van der Waals surface area contributed by atoms with Gasteiger partial charge >= 0.3 is 0 Å². The Bertz CT molecular complexity index is 1710. The van der Waals surface area contributed by atoms with Gasteiger partial charge in [-0.2, -0.15) is 0 Å². The first-order chi connectivity index (χ1) is 23.4. The lowest BCUT2D eigenvalue weighted by molar-refractivity contribution is -0.353. The molecule has 0 unspecified atom stereocenters. The van der Waals surface area contributed by atoms with Crippen molar-refractivity contribution in [1.82, 2.24) is 0 Å². The third kappa shape index (κ3) is 10.3. The minimum Gasteiger partial charge on any atom is -0.545 e. The number of fused-ring (bicyclic) bond motifs is 4. The minimum absolute atomic E-state index is 0.277. The second-order valence-electron chi connectivity index (χ2n) is 10.3. The largest absolute Gasteiger partial charge is 0.545 e. The lowest BCUT2D eigenvalue weighted by Gasteiger charge is -2.11. The molecule has 0 aromatic heterocycles. The van der Waals surface area contributed by atoms with E-state index in [1.807, 2.05) is 109 Å². The molecule has 0 atom stereocenters. The molecular formula is C40H42N2O6. The third-order valence-electron chi connectivity index (χ3n) is 7.10. The fourth-order valence-electron chi connectivity index (χ4n) is 4.91. The number of carbonyl (C=O) groups is 2. The highest BCUT2D eigenvalue weighted by atomic mass is 16.6. The Balaban J connectivity index is 0.000000188. The van der Waals surface area contributed by atoms with Gasteiger partial charge in [0.1, 0.15) is 0 Å².